The van der Waals surface area contributed by atoms with Crippen LogP contribution in [-0.2, 0) is 0 Å². The molecule has 2 nitrogen and oxygen atoms in total. The Balaban J connectivity index is 1.68. The van der Waals surface area contributed by atoms with Gasteiger partial charge >= 0.3 is 0 Å². The van der Waals surface area contributed by atoms with Gasteiger partial charge in [-0.15, -0.1) is 0 Å². The molecule has 4 rings (SSSR count). The summed E-state index contributed by atoms with van der Waals surface area (Å²) in [5.74, 6) is 1.75. The summed E-state index contributed by atoms with van der Waals surface area (Å²) >= 11 is 0. The molecule has 1 N–H and O–H groups in total. The number of nitrogens with zero attached hydrogens (tertiary/aromatic N) is 1. The maximum Gasteiger partial charge on any atom is 0.0587 e. The van der Waals surface area contributed by atoms with Crippen LogP contribution in [0.5, 0.6) is 0 Å². The van der Waals surface area contributed by atoms with Crippen LogP contribution in [0.3, 0.4) is 0 Å². The van der Waals surface area contributed by atoms with Crippen molar-refractivity contribution in [2.24, 2.45) is 17.3 Å². The second-order valence-electron chi connectivity index (χ2n) is 6.77. The van der Waals surface area contributed by atoms with Crippen molar-refractivity contribution in [1.82, 2.24) is 4.90 Å². The molecule has 1 saturated carbocycles. The summed E-state index contributed by atoms with van der Waals surface area (Å²) in [6.07, 6.45) is 7.64. The van der Waals surface area contributed by atoms with Crippen LogP contribution in [0.2, 0.25) is 0 Å². The van der Waals surface area contributed by atoms with E-state index in [1.165, 1.54) is 32.2 Å². The first-order valence-electron chi connectivity index (χ1n) is 7.16. The molecule has 1 aliphatic heterocycles. The molecule has 96 valence electrons. The smallest absolute Gasteiger partial charge is 0.0587 e. The molecule has 1 saturated heterocycles. The molecule has 2 heteroatoms. The number of hydrogen-bond acceptors (Lipinski definition) is 2. The molecule has 3 atom stereocenters. The lowest BCUT2D eigenvalue weighted by molar-refractivity contribution is -0.0116. The fourth-order valence-corrected chi connectivity index (χ4v) is 4.20. The molecule has 0 aromatic rings. The number of allylic oxidation sites excluding steroid dienone is 1. The van der Waals surface area contributed by atoms with Gasteiger partial charge in [-0.05, 0) is 49.5 Å². The lowest BCUT2D eigenvalue weighted by Gasteiger charge is -2.57. The van der Waals surface area contributed by atoms with Crippen molar-refractivity contribution in [3.8, 4) is 0 Å². The summed E-state index contributed by atoms with van der Waals surface area (Å²) in [5, 5.41) is 9.38. The van der Waals surface area contributed by atoms with E-state index in [0.29, 0.717) is 18.1 Å². The van der Waals surface area contributed by atoms with Gasteiger partial charge in [-0.3, -0.25) is 4.90 Å². The highest BCUT2D eigenvalue weighted by atomic mass is 16.3. The number of likely N-dealkylation sites (tertiary alicyclic amines) is 1. The van der Waals surface area contributed by atoms with Crippen molar-refractivity contribution in [1.29, 1.82) is 0 Å². The van der Waals surface area contributed by atoms with Gasteiger partial charge in [0, 0.05) is 12.6 Å². The highest BCUT2D eigenvalue weighted by Crippen LogP contribution is 2.59. The summed E-state index contributed by atoms with van der Waals surface area (Å²) < 4.78 is 0. The van der Waals surface area contributed by atoms with Crippen LogP contribution in [0.15, 0.2) is 11.6 Å². The zero-order valence-electron chi connectivity index (χ0n) is 11.2. The Morgan fingerprint density at radius 2 is 2.29 bits per heavy atom. The highest BCUT2D eigenvalue weighted by molar-refractivity contribution is 5.24. The topological polar surface area (TPSA) is 23.5 Å². The van der Waals surface area contributed by atoms with E-state index in [4.69, 9.17) is 0 Å². The molecule has 0 aromatic heterocycles. The zero-order chi connectivity index (χ0) is 12.0. The van der Waals surface area contributed by atoms with Crippen LogP contribution in [0.25, 0.3) is 0 Å². The van der Waals surface area contributed by atoms with Crippen molar-refractivity contribution in [2.45, 2.75) is 45.6 Å². The standard InChI is InChI=1S/C15H25NO/c1-15(2)12-6-5-11(14(15)8-12)9-16-7-3-4-13(16)10-17/h5,12-14,17H,3-4,6-10H2,1-2H3/t12-,13?,14-/m0/s1. The van der Waals surface area contributed by atoms with Crippen LogP contribution in [-0.4, -0.2) is 35.7 Å². The Kier molecular flexibility index (Phi) is 2.83. The van der Waals surface area contributed by atoms with Crippen LogP contribution in [0.1, 0.15) is 39.5 Å². The van der Waals surface area contributed by atoms with E-state index in [-0.39, 0.29) is 0 Å². The molecule has 0 aromatic carbocycles. The molecule has 0 amide bonds. The first-order chi connectivity index (χ1) is 8.13. The zero-order valence-corrected chi connectivity index (χ0v) is 11.2. The Bertz CT molecular complexity index is 334. The van der Waals surface area contributed by atoms with Gasteiger partial charge in [-0.1, -0.05) is 25.5 Å². The second-order valence-corrected chi connectivity index (χ2v) is 6.77. The van der Waals surface area contributed by atoms with Gasteiger partial charge in [-0.2, -0.15) is 0 Å². The molecular formula is C15H25NO. The van der Waals surface area contributed by atoms with Crippen LogP contribution < -0.4 is 0 Å². The van der Waals surface area contributed by atoms with Gasteiger partial charge in [0.15, 0.2) is 0 Å². The SMILES string of the molecule is CC1(C)[C@H]2CC=C(CN3CCCC3CO)[C@@H]1C2. The normalized spacial score (nSPS) is 39.9. The highest BCUT2D eigenvalue weighted by Gasteiger charge is 2.51. The first kappa shape index (κ1) is 11.7. The molecule has 3 aliphatic carbocycles. The maximum atomic E-state index is 9.38. The Hall–Kier alpha value is -0.340. The van der Waals surface area contributed by atoms with Crippen molar-refractivity contribution in [2.75, 3.05) is 19.7 Å². The minimum Gasteiger partial charge on any atom is -0.395 e. The number of aliphatic hydroxyl groups excluding tert-OH is 1. The van der Waals surface area contributed by atoms with Crippen molar-refractivity contribution in [3.63, 3.8) is 0 Å². The fourth-order valence-electron chi connectivity index (χ4n) is 4.20. The third-order valence-corrected chi connectivity index (χ3v) is 5.68. The lowest BCUT2D eigenvalue weighted by Crippen LogP contribution is -2.50. The average molecular weight is 235 g/mol. The number of rotatable bonds is 3. The minimum atomic E-state index is 0.337. The van der Waals surface area contributed by atoms with Gasteiger partial charge < -0.3 is 5.11 Å². The van der Waals surface area contributed by atoms with Crippen LogP contribution in [0, 0.1) is 17.3 Å². The van der Waals surface area contributed by atoms with Gasteiger partial charge in [0.2, 0.25) is 0 Å². The third-order valence-electron chi connectivity index (χ3n) is 5.68. The summed E-state index contributed by atoms with van der Waals surface area (Å²) in [5.41, 5.74) is 2.20. The summed E-state index contributed by atoms with van der Waals surface area (Å²) in [4.78, 5) is 2.50. The quantitative estimate of drug-likeness (QED) is 0.760. The first-order valence-corrected chi connectivity index (χ1v) is 7.16. The van der Waals surface area contributed by atoms with E-state index in [1.54, 1.807) is 5.57 Å². The maximum absolute atomic E-state index is 9.38. The largest absolute Gasteiger partial charge is 0.395 e. The lowest BCUT2D eigenvalue weighted by atomic mass is 9.49. The number of hydrogen-bond donors (Lipinski definition) is 1. The summed E-state index contributed by atoms with van der Waals surface area (Å²) in [6.45, 7) is 7.51. The van der Waals surface area contributed by atoms with Gasteiger partial charge in [0.25, 0.3) is 0 Å². The fraction of sp³-hybridized carbons (Fsp3) is 0.867. The molecule has 0 spiro atoms. The minimum absolute atomic E-state index is 0.337. The third kappa shape index (κ3) is 1.77. The average Bonchev–Trinajstić information content (AvgIpc) is 2.76. The van der Waals surface area contributed by atoms with E-state index in [2.05, 4.69) is 24.8 Å². The van der Waals surface area contributed by atoms with E-state index >= 15 is 0 Å². The monoisotopic (exact) mass is 235 g/mol. The molecule has 0 radical (unpaired) electrons. The number of aliphatic hydroxyl groups is 1. The van der Waals surface area contributed by atoms with E-state index in [0.717, 1.165) is 18.4 Å². The molecule has 2 fully saturated rings. The van der Waals surface area contributed by atoms with Crippen molar-refractivity contribution < 1.29 is 5.11 Å². The molecular weight excluding hydrogens is 210 g/mol. The van der Waals surface area contributed by atoms with E-state index in [1.807, 2.05) is 0 Å². The van der Waals surface area contributed by atoms with Crippen LogP contribution in [0.4, 0.5) is 0 Å². The Morgan fingerprint density at radius 1 is 1.47 bits per heavy atom. The second kappa shape index (κ2) is 4.10. The van der Waals surface area contributed by atoms with E-state index < -0.39 is 0 Å². The van der Waals surface area contributed by atoms with Gasteiger partial charge in [0.1, 0.15) is 0 Å². The van der Waals surface area contributed by atoms with Crippen LogP contribution >= 0.6 is 0 Å². The molecule has 4 aliphatic rings. The molecule has 1 unspecified atom stereocenters. The van der Waals surface area contributed by atoms with Crippen molar-refractivity contribution in [3.05, 3.63) is 11.6 Å². The van der Waals surface area contributed by atoms with Gasteiger partial charge in [-0.25, -0.2) is 0 Å². The molecule has 1 heterocycles. The Morgan fingerprint density at radius 3 is 2.94 bits per heavy atom. The summed E-state index contributed by atoms with van der Waals surface area (Å²) in [6, 6.07) is 0.428. The molecule has 17 heavy (non-hydrogen) atoms. The van der Waals surface area contributed by atoms with Gasteiger partial charge in [0.05, 0.1) is 6.61 Å². The molecule has 2 bridgehead atoms. The predicted molar refractivity (Wildman–Crippen MR) is 69.8 cm³/mol. The predicted octanol–water partition coefficient (Wildman–Crippen LogP) is 2.44. The number of fused-ring (bicyclic) bond motifs is 1. The summed E-state index contributed by atoms with van der Waals surface area (Å²) in [7, 11) is 0. The van der Waals surface area contributed by atoms with Crippen molar-refractivity contribution >= 4 is 0 Å². The Labute approximate surface area is 105 Å². The van der Waals surface area contributed by atoms with E-state index in [9.17, 15) is 5.11 Å².